The molecule has 1 unspecified atom stereocenters. The molecule has 1 N–H and O–H groups in total. The second-order valence-electron chi connectivity index (χ2n) is 5.75. The third-order valence-electron chi connectivity index (χ3n) is 4.22. The summed E-state index contributed by atoms with van der Waals surface area (Å²) in [5.41, 5.74) is 0.611. The van der Waals surface area contributed by atoms with Crippen LogP contribution >= 0.6 is 0 Å². The molecule has 2 heterocycles. The first-order valence-corrected chi connectivity index (χ1v) is 6.76. The number of carboxylic acid groups (broad SMARTS) is 1. The first kappa shape index (κ1) is 14.3. The molecule has 106 valence electrons. The molecule has 5 nitrogen and oxygen atoms in total. The van der Waals surface area contributed by atoms with Crippen molar-refractivity contribution in [2.24, 2.45) is 11.3 Å². The second kappa shape index (κ2) is 5.12. The highest BCUT2D eigenvalue weighted by molar-refractivity contribution is 5.77. The predicted molar refractivity (Wildman–Crippen MR) is 75.4 cm³/mol. The molecule has 0 bridgehead atoms. The lowest BCUT2D eigenvalue weighted by molar-refractivity contribution is -0.150. The molecule has 1 aliphatic heterocycles. The Morgan fingerprint density at radius 2 is 2.25 bits per heavy atom. The van der Waals surface area contributed by atoms with E-state index in [9.17, 15) is 9.90 Å². The summed E-state index contributed by atoms with van der Waals surface area (Å²) in [6.07, 6.45) is 0.609. The average molecular weight is 273 g/mol. The van der Waals surface area contributed by atoms with Crippen molar-refractivity contribution in [1.82, 2.24) is 4.98 Å². The molecule has 1 aromatic heterocycles. The Morgan fingerprint density at radius 1 is 1.55 bits per heavy atom. The molecule has 1 atom stereocenters. The first-order valence-electron chi connectivity index (χ1n) is 6.76. The fraction of sp³-hybridized carbons (Fsp3) is 0.533. The molecule has 0 amide bonds. The number of nitriles is 1. The summed E-state index contributed by atoms with van der Waals surface area (Å²) < 4.78 is 0. The zero-order chi connectivity index (χ0) is 14.9. The number of aromatic nitrogens is 1. The molecular weight excluding hydrogens is 254 g/mol. The van der Waals surface area contributed by atoms with E-state index in [0.29, 0.717) is 30.9 Å². The second-order valence-corrected chi connectivity index (χ2v) is 5.75. The molecule has 5 heteroatoms. The van der Waals surface area contributed by atoms with Gasteiger partial charge in [-0.2, -0.15) is 5.26 Å². The van der Waals surface area contributed by atoms with Crippen molar-refractivity contribution in [3.8, 4) is 6.07 Å². The highest BCUT2D eigenvalue weighted by Crippen LogP contribution is 2.39. The smallest absolute Gasteiger partial charge is 0.311 e. The quantitative estimate of drug-likeness (QED) is 0.913. The zero-order valence-electron chi connectivity index (χ0n) is 12.1. The minimum absolute atomic E-state index is 0.0604. The average Bonchev–Trinajstić information content (AvgIpc) is 2.84. The summed E-state index contributed by atoms with van der Waals surface area (Å²) in [5.74, 6) is 0.0127. The molecule has 1 fully saturated rings. The number of aryl methyl sites for hydroxylation is 1. The zero-order valence-corrected chi connectivity index (χ0v) is 12.1. The highest BCUT2D eigenvalue weighted by atomic mass is 16.4. The van der Waals surface area contributed by atoms with Crippen LogP contribution in [0.15, 0.2) is 12.1 Å². The van der Waals surface area contributed by atoms with Crippen LogP contribution in [0.2, 0.25) is 0 Å². The van der Waals surface area contributed by atoms with Crippen molar-refractivity contribution < 1.29 is 9.90 Å². The van der Waals surface area contributed by atoms with Gasteiger partial charge in [0.2, 0.25) is 0 Å². The van der Waals surface area contributed by atoms with Crippen LogP contribution in [0.1, 0.15) is 31.5 Å². The van der Waals surface area contributed by atoms with E-state index in [1.165, 1.54) is 0 Å². The number of carboxylic acids is 1. The summed E-state index contributed by atoms with van der Waals surface area (Å²) in [4.78, 5) is 18.0. The Balaban J connectivity index is 2.32. The maximum absolute atomic E-state index is 11.6. The van der Waals surface area contributed by atoms with E-state index in [0.717, 1.165) is 5.69 Å². The molecule has 1 aliphatic rings. The minimum Gasteiger partial charge on any atom is -0.481 e. The van der Waals surface area contributed by atoms with Gasteiger partial charge in [-0.3, -0.25) is 4.79 Å². The van der Waals surface area contributed by atoms with Crippen molar-refractivity contribution in [2.75, 3.05) is 18.0 Å². The summed E-state index contributed by atoms with van der Waals surface area (Å²) >= 11 is 0. The molecule has 2 rings (SSSR count). The van der Waals surface area contributed by atoms with Crippen LogP contribution in [0.5, 0.6) is 0 Å². The maximum Gasteiger partial charge on any atom is 0.311 e. The van der Waals surface area contributed by atoms with Gasteiger partial charge in [0.15, 0.2) is 0 Å². The van der Waals surface area contributed by atoms with Gasteiger partial charge in [0.25, 0.3) is 0 Å². The summed E-state index contributed by atoms with van der Waals surface area (Å²) in [6, 6.07) is 5.57. The third-order valence-corrected chi connectivity index (χ3v) is 4.22. The number of hydrogen-bond acceptors (Lipinski definition) is 4. The Morgan fingerprint density at radius 3 is 2.75 bits per heavy atom. The molecule has 20 heavy (non-hydrogen) atoms. The first-order chi connectivity index (χ1) is 9.39. The molecule has 0 aliphatic carbocycles. The third kappa shape index (κ3) is 2.34. The number of anilines is 1. The predicted octanol–water partition coefficient (Wildman–Crippen LogP) is 2.20. The number of hydrogen-bond donors (Lipinski definition) is 1. The molecule has 1 aromatic rings. The van der Waals surface area contributed by atoms with E-state index in [1.54, 1.807) is 12.1 Å². The summed E-state index contributed by atoms with van der Waals surface area (Å²) in [6.45, 7) is 6.84. The van der Waals surface area contributed by atoms with E-state index in [4.69, 9.17) is 5.26 Å². The number of rotatable bonds is 3. The topological polar surface area (TPSA) is 77.2 Å². The van der Waals surface area contributed by atoms with Crippen LogP contribution in [0.4, 0.5) is 5.82 Å². The Hall–Kier alpha value is -2.09. The molecule has 0 aromatic carbocycles. The van der Waals surface area contributed by atoms with Crippen molar-refractivity contribution in [2.45, 2.75) is 27.2 Å². The van der Waals surface area contributed by atoms with Crippen LogP contribution < -0.4 is 4.90 Å². The largest absolute Gasteiger partial charge is 0.481 e. The summed E-state index contributed by atoms with van der Waals surface area (Å²) in [7, 11) is 0. The van der Waals surface area contributed by atoms with Gasteiger partial charge in [-0.15, -0.1) is 0 Å². The van der Waals surface area contributed by atoms with Crippen molar-refractivity contribution >= 4 is 11.8 Å². The van der Waals surface area contributed by atoms with Gasteiger partial charge in [-0.25, -0.2) is 4.98 Å². The number of pyridine rings is 1. The Bertz CT molecular complexity index is 577. The van der Waals surface area contributed by atoms with Gasteiger partial charge in [0, 0.05) is 18.8 Å². The molecule has 0 spiro atoms. The van der Waals surface area contributed by atoms with E-state index in [1.807, 2.05) is 25.7 Å². The van der Waals surface area contributed by atoms with Crippen molar-refractivity contribution in [3.63, 3.8) is 0 Å². The number of carbonyl (C=O) groups is 1. The van der Waals surface area contributed by atoms with Crippen molar-refractivity contribution in [3.05, 3.63) is 23.4 Å². The number of nitrogens with zero attached hydrogens (tertiary/aromatic N) is 3. The normalized spacial score (nSPS) is 22.1. The van der Waals surface area contributed by atoms with Gasteiger partial charge in [0.05, 0.1) is 17.0 Å². The molecule has 1 saturated heterocycles. The lowest BCUT2D eigenvalue weighted by atomic mass is 9.76. The highest BCUT2D eigenvalue weighted by Gasteiger charge is 2.47. The molecular formula is C15H19N3O2. The van der Waals surface area contributed by atoms with E-state index in [-0.39, 0.29) is 5.92 Å². The minimum atomic E-state index is -0.747. The van der Waals surface area contributed by atoms with E-state index >= 15 is 0 Å². The number of aliphatic carboxylic acids is 1. The van der Waals surface area contributed by atoms with Gasteiger partial charge in [-0.1, -0.05) is 13.8 Å². The molecule has 0 saturated carbocycles. The standard InChI is InChI=1S/C15H19N3O2/c1-10(2)15(14(19)20)4-5-18(9-15)13-7-12(8-16)6-11(3)17-13/h6-7,10H,4-5,9H2,1-3H3,(H,19,20). The van der Waals surface area contributed by atoms with Crippen LogP contribution in [0.25, 0.3) is 0 Å². The van der Waals surface area contributed by atoms with Crippen molar-refractivity contribution in [1.29, 1.82) is 5.26 Å². The van der Waals surface area contributed by atoms with E-state index in [2.05, 4.69) is 11.1 Å². The maximum atomic E-state index is 11.6. The lowest BCUT2D eigenvalue weighted by Crippen LogP contribution is -2.39. The van der Waals surface area contributed by atoms with Gasteiger partial charge >= 0.3 is 5.97 Å². The molecule has 0 radical (unpaired) electrons. The monoisotopic (exact) mass is 273 g/mol. The van der Waals surface area contributed by atoms with Crippen LogP contribution in [-0.2, 0) is 4.79 Å². The lowest BCUT2D eigenvalue weighted by Gasteiger charge is -2.29. The van der Waals surface area contributed by atoms with Gasteiger partial charge in [0.1, 0.15) is 5.82 Å². The SMILES string of the molecule is Cc1cc(C#N)cc(N2CCC(C(=O)O)(C(C)C)C2)n1. The fourth-order valence-corrected chi connectivity index (χ4v) is 2.80. The summed E-state index contributed by atoms with van der Waals surface area (Å²) in [5, 5.41) is 18.6. The van der Waals surface area contributed by atoms with Crippen LogP contribution in [-0.4, -0.2) is 29.1 Å². The Kier molecular flexibility index (Phi) is 3.67. The van der Waals surface area contributed by atoms with Gasteiger partial charge < -0.3 is 10.0 Å². The van der Waals surface area contributed by atoms with E-state index < -0.39 is 11.4 Å². The fourth-order valence-electron chi connectivity index (χ4n) is 2.80. The van der Waals surface area contributed by atoms with Gasteiger partial charge in [-0.05, 0) is 31.4 Å². The van der Waals surface area contributed by atoms with Crippen LogP contribution in [0.3, 0.4) is 0 Å². The Labute approximate surface area is 118 Å². The van der Waals surface area contributed by atoms with Crippen LogP contribution in [0, 0.1) is 29.6 Å².